The molecule has 0 saturated carbocycles. The van der Waals surface area contributed by atoms with Crippen LogP contribution in [0.15, 0.2) is 24.5 Å². The molecule has 49 valence electrons. The second-order valence-electron chi connectivity index (χ2n) is 1.95. The molecule has 0 spiro atoms. The first-order valence-corrected chi connectivity index (χ1v) is 3.25. The minimum Gasteiger partial charge on any atom is -0.297 e. The van der Waals surface area contributed by atoms with Crippen LogP contribution in [0.2, 0.25) is 5.02 Å². The average Bonchev–Trinajstić information content (AvgIpc) is 2.33. The van der Waals surface area contributed by atoms with E-state index in [9.17, 15) is 0 Å². The Bertz CT molecular complexity index is 353. The fourth-order valence-electron chi connectivity index (χ4n) is 0.833. The summed E-state index contributed by atoms with van der Waals surface area (Å²) in [4.78, 5) is 4.03. The molecule has 10 heavy (non-hydrogen) atoms. The van der Waals surface area contributed by atoms with Gasteiger partial charge in [0, 0.05) is 12.4 Å². The van der Waals surface area contributed by atoms with E-state index in [4.69, 9.17) is 11.6 Å². The first kappa shape index (κ1) is 5.74. The van der Waals surface area contributed by atoms with Gasteiger partial charge in [0.25, 0.3) is 0 Å². The Kier molecular flexibility index (Phi) is 1.14. The number of fused-ring (bicyclic) bond motifs is 1. The number of rotatable bonds is 0. The fourth-order valence-corrected chi connectivity index (χ4v) is 0.987. The van der Waals surface area contributed by atoms with Gasteiger partial charge < -0.3 is 0 Å². The van der Waals surface area contributed by atoms with Crippen molar-refractivity contribution < 1.29 is 0 Å². The highest BCUT2D eigenvalue weighted by Gasteiger charge is 1.92. The molecule has 0 amide bonds. The number of nitrogens with zero attached hydrogens (tertiary/aromatic N) is 2. The van der Waals surface area contributed by atoms with Crippen molar-refractivity contribution in [2.24, 2.45) is 0 Å². The third-order valence-corrected chi connectivity index (χ3v) is 1.49. The van der Waals surface area contributed by atoms with Crippen molar-refractivity contribution in [3.63, 3.8) is 0 Å². The molecule has 0 bridgehead atoms. The molecule has 0 aliphatic rings. The molecule has 0 atom stereocenters. The van der Waals surface area contributed by atoms with Crippen molar-refractivity contribution >= 4 is 17.2 Å². The first-order chi connectivity index (χ1) is 4.86. The summed E-state index contributed by atoms with van der Waals surface area (Å²) in [7, 11) is 0. The molecule has 2 nitrogen and oxygen atoms in total. The molecule has 2 rings (SSSR count). The zero-order chi connectivity index (χ0) is 6.97. The third kappa shape index (κ3) is 0.772. The van der Waals surface area contributed by atoms with E-state index < -0.39 is 0 Å². The summed E-state index contributed by atoms with van der Waals surface area (Å²) in [6.45, 7) is 0. The van der Waals surface area contributed by atoms with E-state index in [0.717, 1.165) is 5.65 Å². The normalized spacial score (nSPS) is 10.5. The zero-order valence-electron chi connectivity index (χ0n) is 5.08. The van der Waals surface area contributed by atoms with Gasteiger partial charge in [0.15, 0.2) is 0 Å². The van der Waals surface area contributed by atoms with E-state index in [1.165, 1.54) is 0 Å². The van der Waals surface area contributed by atoms with Crippen molar-refractivity contribution in [2.45, 2.75) is 0 Å². The van der Waals surface area contributed by atoms with E-state index >= 15 is 0 Å². The Hall–Kier alpha value is -1.02. The minimum atomic E-state index is 0.602. The predicted molar refractivity (Wildman–Crippen MR) is 39.0 cm³/mol. The summed E-state index contributed by atoms with van der Waals surface area (Å²) >= 11 is 5.67. The maximum Gasteiger partial charge on any atom is 0.137 e. The van der Waals surface area contributed by atoms with Crippen LogP contribution >= 0.6 is 11.6 Å². The molecule has 0 fully saturated rings. The smallest absolute Gasteiger partial charge is 0.137 e. The van der Waals surface area contributed by atoms with Gasteiger partial charge in [0.05, 0.1) is 11.2 Å². The molecule has 2 aromatic heterocycles. The molecule has 0 saturated heterocycles. The standard InChI is InChI=1S/C7H4ClN2/c8-6-1-2-7-9-3-4-10(7)5-6/h1-4H. The molecule has 0 N–H and O–H groups in total. The minimum absolute atomic E-state index is 0.602. The molecule has 3 heteroatoms. The SMILES string of the molecule is Clc1[c]n2ccnc2cc1. The van der Waals surface area contributed by atoms with Gasteiger partial charge in [-0.15, -0.1) is 0 Å². The lowest BCUT2D eigenvalue weighted by Crippen LogP contribution is -1.80. The fraction of sp³-hybridized carbons (Fsp3) is 0. The third-order valence-electron chi connectivity index (χ3n) is 1.28. The molecule has 2 aromatic rings. The predicted octanol–water partition coefficient (Wildman–Crippen LogP) is 1.79. The van der Waals surface area contributed by atoms with Gasteiger partial charge in [-0.3, -0.25) is 4.40 Å². The van der Waals surface area contributed by atoms with Gasteiger partial charge in [-0.1, -0.05) is 11.6 Å². The molecule has 0 unspecified atom stereocenters. The van der Waals surface area contributed by atoms with Crippen LogP contribution in [-0.2, 0) is 0 Å². The molecule has 0 aliphatic heterocycles. The van der Waals surface area contributed by atoms with Gasteiger partial charge in [0.2, 0.25) is 0 Å². The van der Waals surface area contributed by atoms with Crippen LogP contribution in [0, 0.1) is 6.20 Å². The number of hydrogen-bond donors (Lipinski definition) is 0. The first-order valence-electron chi connectivity index (χ1n) is 2.87. The monoisotopic (exact) mass is 151 g/mol. The molecule has 0 aromatic carbocycles. The molecule has 0 aliphatic carbocycles. The maximum absolute atomic E-state index is 5.67. The van der Waals surface area contributed by atoms with Gasteiger partial charge in [-0.05, 0) is 12.1 Å². The van der Waals surface area contributed by atoms with Gasteiger partial charge in [-0.2, -0.15) is 0 Å². The van der Waals surface area contributed by atoms with Gasteiger partial charge >= 0.3 is 0 Å². The second-order valence-corrected chi connectivity index (χ2v) is 2.36. The van der Waals surface area contributed by atoms with Crippen molar-refractivity contribution in [3.05, 3.63) is 35.7 Å². The summed E-state index contributed by atoms with van der Waals surface area (Å²) < 4.78 is 1.75. The molecular weight excluding hydrogens is 148 g/mol. The van der Waals surface area contributed by atoms with Crippen molar-refractivity contribution in [3.8, 4) is 0 Å². The van der Waals surface area contributed by atoms with Crippen LogP contribution in [0.1, 0.15) is 0 Å². The second kappa shape index (κ2) is 1.99. The summed E-state index contributed by atoms with van der Waals surface area (Å²) in [5, 5.41) is 0.602. The number of aromatic nitrogens is 2. The van der Waals surface area contributed by atoms with Gasteiger partial charge in [0.1, 0.15) is 5.65 Å². The zero-order valence-corrected chi connectivity index (χ0v) is 5.84. The van der Waals surface area contributed by atoms with Crippen LogP contribution in [0.25, 0.3) is 5.65 Å². The lowest BCUT2D eigenvalue weighted by molar-refractivity contribution is 1.17. The Morgan fingerprint density at radius 2 is 2.40 bits per heavy atom. The Morgan fingerprint density at radius 1 is 1.50 bits per heavy atom. The van der Waals surface area contributed by atoms with Crippen LogP contribution in [-0.4, -0.2) is 9.38 Å². The highest BCUT2D eigenvalue weighted by atomic mass is 35.5. The Labute approximate surface area is 63.1 Å². The molecule has 2 heterocycles. The highest BCUT2D eigenvalue weighted by molar-refractivity contribution is 6.30. The summed E-state index contributed by atoms with van der Waals surface area (Å²) in [5.41, 5.74) is 0.865. The lowest BCUT2D eigenvalue weighted by atomic mass is 10.5. The van der Waals surface area contributed by atoms with E-state index in [-0.39, 0.29) is 0 Å². The summed E-state index contributed by atoms with van der Waals surface area (Å²) in [6, 6.07) is 3.61. The quantitative estimate of drug-likeness (QED) is 0.561. The number of halogens is 1. The topological polar surface area (TPSA) is 17.3 Å². The van der Waals surface area contributed by atoms with Crippen molar-refractivity contribution in [2.75, 3.05) is 0 Å². The number of hydrogen-bond acceptors (Lipinski definition) is 1. The molecular formula is C7H4ClN2. The molecule has 1 radical (unpaired) electrons. The maximum atomic E-state index is 5.67. The van der Waals surface area contributed by atoms with E-state index in [0.29, 0.717) is 5.02 Å². The van der Waals surface area contributed by atoms with Crippen LogP contribution in [0.4, 0.5) is 0 Å². The lowest BCUT2D eigenvalue weighted by Gasteiger charge is -1.90. The largest absolute Gasteiger partial charge is 0.297 e. The Balaban J connectivity index is 2.86. The average molecular weight is 152 g/mol. The Morgan fingerprint density at radius 3 is 3.30 bits per heavy atom. The van der Waals surface area contributed by atoms with Gasteiger partial charge in [-0.25, -0.2) is 4.98 Å². The van der Waals surface area contributed by atoms with Crippen molar-refractivity contribution in [1.82, 2.24) is 9.38 Å². The van der Waals surface area contributed by atoms with Crippen molar-refractivity contribution in [1.29, 1.82) is 0 Å². The van der Waals surface area contributed by atoms with Crippen LogP contribution in [0.3, 0.4) is 0 Å². The van der Waals surface area contributed by atoms with E-state index in [2.05, 4.69) is 11.2 Å². The van der Waals surface area contributed by atoms with Crippen LogP contribution < -0.4 is 0 Å². The summed E-state index contributed by atoms with van der Waals surface area (Å²) in [6.07, 6.45) is 6.41. The van der Waals surface area contributed by atoms with E-state index in [1.807, 2.05) is 6.07 Å². The number of imidazole rings is 1. The van der Waals surface area contributed by atoms with Crippen LogP contribution in [0.5, 0.6) is 0 Å². The summed E-state index contributed by atoms with van der Waals surface area (Å²) in [5.74, 6) is 0. The van der Waals surface area contributed by atoms with E-state index in [1.54, 1.807) is 22.9 Å². The highest BCUT2D eigenvalue weighted by Crippen LogP contribution is 2.07. The number of pyridine rings is 1.